The molecule has 0 fully saturated rings. The highest BCUT2D eigenvalue weighted by Gasteiger charge is 2.35. The average molecular weight is 393 g/mol. The molecule has 2 N–H and O–H groups in total. The molecular formula is C20H16N4OS2. The summed E-state index contributed by atoms with van der Waals surface area (Å²) in [5.74, 6) is 0.204. The van der Waals surface area contributed by atoms with Crippen LogP contribution in [-0.2, 0) is 4.79 Å². The minimum absolute atomic E-state index is 0.104. The second kappa shape index (κ2) is 7.02. The number of nitrogens with zero attached hydrogens (tertiary/aromatic N) is 2. The van der Waals surface area contributed by atoms with E-state index in [1.807, 2.05) is 60.7 Å². The molecule has 1 atom stereocenters. The predicted molar refractivity (Wildman–Crippen MR) is 112 cm³/mol. The lowest BCUT2D eigenvalue weighted by Crippen LogP contribution is -2.32. The van der Waals surface area contributed by atoms with Gasteiger partial charge in [0.15, 0.2) is 10.6 Å². The van der Waals surface area contributed by atoms with Crippen molar-refractivity contribution in [2.24, 2.45) is 5.10 Å². The first-order chi connectivity index (χ1) is 13.1. The monoisotopic (exact) mass is 392 g/mol. The number of aromatic amines is 2. The van der Waals surface area contributed by atoms with Gasteiger partial charge in [-0.1, -0.05) is 60.7 Å². The molecule has 5 nitrogen and oxygen atoms in total. The van der Waals surface area contributed by atoms with Crippen molar-refractivity contribution in [2.45, 2.75) is 12.8 Å². The number of carbonyl (C=O) groups excluding carboxylic acids is 1. The van der Waals surface area contributed by atoms with E-state index in [-0.39, 0.29) is 11.7 Å². The van der Waals surface area contributed by atoms with Crippen LogP contribution in [-0.4, -0.2) is 21.5 Å². The standard InChI is InChI=1S/C20H16N4OS2/c1-12(25)17-15(13-8-4-2-5-9-13)16-18(21-20(27)22-19(16)26)24(23-17)14-10-6-3-7-11-14/h2-11,15H,1H3,(H2,21,22,26,27). The van der Waals surface area contributed by atoms with Crippen LogP contribution in [0.5, 0.6) is 0 Å². The zero-order chi connectivity index (χ0) is 19.0. The minimum atomic E-state index is -0.366. The fourth-order valence-electron chi connectivity index (χ4n) is 3.27. The number of hydrogen-bond donors (Lipinski definition) is 2. The SMILES string of the molecule is CC(=O)C1=NN(c2ccccc2)c2[nH]c(=S)[nH]c(=S)c2C1c1ccccc1. The first-order valence-corrected chi connectivity index (χ1v) is 9.24. The number of aromatic nitrogens is 2. The van der Waals surface area contributed by atoms with Crippen molar-refractivity contribution in [3.8, 4) is 0 Å². The number of rotatable bonds is 3. The highest BCUT2D eigenvalue weighted by atomic mass is 32.1. The Bertz CT molecular complexity index is 1150. The van der Waals surface area contributed by atoms with E-state index in [9.17, 15) is 4.79 Å². The Morgan fingerprint density at radius 3 is 2.26 bits per heavy atom. The second-order valence-electron chi connectivity index (χ2n) is 6.20. The normalized spacial score (nSPS) is 15.8. The second-order valence-corrected chi connectivity index (χ2v) is 7.02. The number of hydrogen-bond acceptors (Lipinski definition) is 5. The maximum absolute atomic E-state index is 12.5. The molecular weight excluding hydrogens is 376 g/mol. The van der Waals surface area contributed by atoms with Crippen molar-refractivity contribution in [1.82, 2.24) is 9.97 Å². The minimum Gasteiger partial charge on any atom is -0.323 e. The van der Waals surface area contributed by atoms with Gasteiger partial charge in [0.1, 0.15) is 16.2 Å². The van der Waals surface area contributed by atoms with Crippen LogP contribution in [0.4, 0.5) is 11.5 Å². The van der Waals surface area contributed by atoms with Gasteiger partial charge < -0.3 is 9.97 Å². The van der Waals surface area contributed by atoms with Crippen LogP contribution in [0.2, 0.25) is 0 Å². The molecule has 4 rings (SSSR count). The number of para-hydroxylation sites is 1. The Morgan fingerprint density at radius 1 is 1.00 bits per heavy atom. The highest BCUT2D eigenvalue weighted by Crippen LogP contribution is 2.40. The van der Waals surface area contributed by atoms with E-state index >= 15 is 0 Å². The molecule has 27 heavy (non-hydrogen) atoms. The van der Waals surface area contributed by atoms with Gasteiger partial charge in [0.2, 0.25) is 0 Å². The van der Waals surface area contributed by atoms with E-state index in [2.05, 4.69) is 9.97 Å². The Kier molecular flexibility index (Phi) is 4.55. The molecule has 1 aliphatic heterocycles. The summed E-state index contributed by atoms with van der Waals surface area (Å²) < 4.78 is 0.908. The van der Waals surface area contributed by atoms with E-state index in [0.717, 1.165) is 16.8 Å². The molecule has 0 saturated carbocycles. The molecule has 2 aromatic carbocycles. The van der Waals surface area contributed by atoms with Gasteiger partial charge in [0, 0.05) is 12.5 Å². The molecule has 2 heterocycles. The molecule has 7 heteroatoms. The molecule has 0 saturated heterocycles. The van der Waals surface area contributed by atoms with E-state index in [0.29, 0.717) is 20.9 Å². The smallest absolute Gasteiger partial charge is 0.177 e. The number of ketones is 1. The van der Waals surface area contributed by atoms with Crippen molar-refractivity contribution in [2.75, 3.05) is 5.01 Å². The third-order valence-corrected chi connectivity index (χ3v) is 4.96. The van der Waals surface area contributed by atoms with Gasteiger partial charge >= 0.3 is 0 Å². The van der Waals surface area contributed by atoms with Crippen LogP contribution in [0.3, 0.4) is 0 Å². The van der Waals surface area contributed by atoms with E-state index in [1.165, 1.54) is 6.92 Å². The molecule has 3 aromatic rings. The maximum atomic E-state index is 12.5. The van der Waals surface area contributed by atoms with Gasteiger partial charge in [0.05, 0.1) is 11.6 Å². The van der Waals surface area contributed by atoms with Gasteiger partial charge in [-0.05, 0) is 29.9 Å². The highest BCUT2D eigenvalue weighted by molar-refractivity contribution is 7.72. The maximum Gasteiger partial charge on any atom is 0.177 e. The van der Waals surface area contributed by atoms with Crippen LogP contribution < -0.4 is 5.01 Å². The molecule has 1 aliphatic rings. The summed E-state index contributed by atoms with van der Waals surface area (Å²) in [6.07, 6.45) is 0. The summed E-state index contributed by atoms with van der Waals surface area (Å²) >= 11 is 10.9. The van der Waals surface area contributed by atoms with Gasteiger partial charge in [-0.25, -0.2) is 5.01 Å². The number of benzene rings is 2. The zero-order valence-electron chi connectivity index (χ0n) is 14.5. The number of anilines is 2. The quantitative estimate of drug-likeness (QED) is 0.614. The van der Waals surface area contributed by atoms with E-state index < -0.39 is 0 Å². The van der Waals surface area contributed by atoms with Gasteiger partial charge in [0.25, 0.3) is 0 Å². The lowest BCUT2D eigenvalue weighted by atomic mass is 9.85. The van der Waals surface area contributed by atoms with Crippen LogP contribution >= 0.6 is 24.4 Å². The fraction of sp³-hybridized carbons (Fsp3) is 0.100. The first-order valence-electron chi connectivity index (χ1n) is 8.42. The van der Waals surface area contributed by atoms with Crippen LogP contribution in [0.1, 0.15) is 24.0 Å². The van der Waals surface area contributed by atoms with Crippen molar-refractivity contribution >= 4 is 47.4 Å². The Hall–Kier alpha value is -2.90. The van der Waals surface area contributed by atoms with Crippen LogP contribution in [0, 0.1) is 9.41 Å². The van der Waals surface area contributed by atoms with Gasteiger partial charge in [-0.2, -0.15) is 5.10 Å². The molecule has 134 valence electrons. The van der Waals surface area contributed by atoms with E-state index in [4.69, 9.17) is 29.5 Å². The third kappa shape index (κ3) is 3.15. The molecule has 0 bridgehead atoms. The van der Waals surface area contributed by atoms with Crippen molar-refractivity contribution < 1.29 is 4.79 Å². The molecule has 1 unspecified atom stereocenters. The number of carbonyl (C=O) groups is 1. The number of hydrazone groups is 1. The summed E-state index contributed by atoms with van der Waals surface area (Å²) in [5.41, 5.74) is 2.98. The summed E-state index contributed by atoms with van der Waals surface area (Å²) in [4.78, 5) is 18.7. The van der Waals surface area contributed by atoms with Gasteiger partial charge in [-0.3, -0.25) is 4.79 Å². The lowest BCUT2D eigenvalue weighted by Gasteiger charge is -2.32. The molecule has 0 spiro atoms. The van der Waals surface area contributed by atoms with Crippen LogP contribution in [0.25, 0.3) is 0 Å². The van der Waals surface area contributed by atoms with Crippen molar-refractivity contribution in [3.63, 3.8) is 0 Å². The largest absolute Gasteiger partial charge is 0.323 e. The molecule has 0 radical (unpaired) electrons. The molecule has 1 aromatic heterocycles. The summed E-state index contributed by atoms with van der Waals surface area (Å²) in [6, 6.07) is 19.4. The number of nitrogens with one attached hydrogen (secondary N) is 2. The third-order valence-electron chi connectivity index (χ3n) is 4.43. The topological polar surface area (TPSA) is 64.2 Å². The van der Waals surface area contributed by atoms with Crippen molar-refractivity contribution in [1.29, 1.82) is 0 Å². The summed E-state index contributed by atoms with van der Waals surface area (Å²) in [5, 5.41) is 6.39. The van der Waals surface area contributed by atoms with Crippen molar-refractivity contribution in [3.05, 3.63) is 81.2 Å². The average Bonchev–Trinajstić information content (AvgIpc) is 2.68. The lowest BCUT2D eigenvalue weighted by molar-refractivity contribution is -0.111. The predicted octanol–water partition coefficient (Wildman–Crippen LogP) is 5.03. The Labute approximate surface area is 166 Å². The first kappa shape index (κ1) is 17.5. The zero-order valence-corrected chi connectivity index (χ0v) is 16.1. The number of Topliss-reactive ketones (excluding diaryl/α,β-unsaturated/α-hetero) is 1. The van der Waals surface area contributed by atoms with Gasteiger partial charge in [-0.15, -0.1) is 0 Å². The molecule has 0 amide bonds. The van der Waals surface area contributed by atoms with E-state index in [1.54, 1.807) is 5.01 Å². The fourth-order valence-corrected chi connectivity index (χ4v) is 3.85. The summed E-state index contributed by atoms with van der Waals surface area (Å²) in [6.45, 7) is 1.53. The van der Waals surface area contributed by atoms with Crippen LogP contribution in [0.15, 0.2) is 65.8 Å². The number of fused-ring (bicyclic) bond motifs is 1. The number of H-pyrrole nitrogens is 2. The Balaban J connectivity index is 2.05. The summed E-state index contributed by atoms with van der Waals surface area (Å²) in [7, 11) is 0. The Morgan fingerprint density at radius 2 is 1.63 bits per heavy atom. The molecule has 0 aliphatic carbocycles.